The number of rotatable bonds is 3. The van der Waals surface area contributed by atoms with Gasteiger partial charge in [0.2, 0.25) is 5.95 Å². The number of hydrogen-bond donors (Lipinski definition) is 3. The van der Waals surface area contributed by atoms with Crippen LogP contribution in [0.2, 0.25) is 0 Å². The number of nitrogens with zero attached hydrogens (tertiary/aromatic N) is 3. The van der Waals surface area contributed by atoms with Crippen molar-refractivity contribution >= 4 is 17.4 Å². The second kappa shape index (κ2) is 9.94. The Morgan fingerprint density at radius 2 is 2.00 bits per heavy atom. The lowest BCUT2D eigenvalue weighted by Crippen LogP contribution is -2.27. The van der Waals surface area contributed by atoms with Gasteiger partial charge in [-0.15, -0.1) is 0 Å². The number of hydrogen-bond acceptors (Lipinski definition) is 5. The molecule has 0 atom stereocenters. The highest BCUT2D eigenvalue weighted by atomic mass is 19.1. The van der Waals surface area contributed by atoms with Crippen LogP contribution < -0.4 is 17.2 Å². The number of amides is 1. The van der Waals surface area contributed by atoms with E-state index < -0.39 is 11.9 Å². The van der Waals surface area contributed by atoms with Crippen LogP contribution in [0.1, 0.15) is 32.1 Å². The first kappa shape index (κ1) is 19.1. The SMILES string of the molecule is N#CC1CCCCC1.N/C=C(/C(N)=O)C(N)=Nc1ccc(F)nc1. The first-order valence-electron chi connectivity index (χ1n) is 7.55. The number of pyridine rings is 1. The third-order valence-corrected chi connectivity index (χ3v) is 3.46. The minimum Gasteiger partial charge on any atom is -0.404 e. The Hall–Kier alpha value is -2.95. The van der Waals surface area contributed by atoms with Crippen LogP contribution in [0.5, 0.6) is 0 Å². The van der Waals surface area contributed by atoms with Crippen LogP contribution in [-0.2, 0) is 4.79 Å². The predicted molar refractivity (Wildman–Crippen MR) is 89.1 cm³/mol. The maximum atomic E-state index is 12.5. The van der Waals surface area contributed by atoms with Crippen molar-refractivity contribution in [2.24, 2.45) is 28.1 Å². The summed E-state index contributed by atoms with van der Waals surface area (Å²) in [6.45, 7) is 0. The van der Waals surface area contributed by atoms with Gasteiger partial charge in [0.05, 0.1) is 23.5 Å². The van der Waals surface area contributed by atoms with Gasteiger partial charge in [0.15, 0.2) is 0 Å². The Labute approximate surface area is 140 Å². The van der Waals surface area contributed by atoms with E-state index >= 15 is 0 Å². The number of nitrogens with two attached hydrogens (primary N) is 3. The molecule has 0 aliphatic heterocycles. The Balaban J connectivity index is 0.000000300. The molecule has 1 saturated carbocycles. The van der Waals surface area contributed by atoms with E-state index in [1.54, 1.807) is 0 Å². The second-order valence-electron chi connectivity index (χ2n) is 5.24. The fourth-order valence-electron chi connectivity index (χ4n) is 2.16. The Bertz CT molecular complexity index is 642. The molecule has 6 N–H and O–H groups in total. The first-order valence-corrected chi connectivity index (χ1v) is 7.55. The van der Waals surface area contributed by atoms with E-state index in [-0.39, 0.29) is 11.4 Å². The molecule has 1 fully saturated rings. The highest BCUT2D eigenvalue weighted by Crippen LogP contribution is 2.22. The van der Waals surface area contributed by atoms with Crippen LogP contribution in [0, 0.1) is 23.2 Å². The van der Waals surface area contributed by atoms with Gasteiger partial charge in [-0.1, -0.05) is 19.3 Å². The predicted octanol–water partition coefficient (Wildman–Crippen LogP) is 1.63. The van der Waals surface area contributed by atoms with Crippen molar-refractivity contribution in [1.29, 1.82) is 5.26 Å². The first-order chi connectivity index (χ1) is 11.5. The Morgan fingerprint density at radius 1 is 1.33 bits per heavy atom. The molecule has 1 heterocycles. The van der Waals surface area contributed by atoms with E-state index in [2.05, 4.69) is 16.0 Å². The van der Waals surface area contributed by atoms with Crippen LogP contribution in [0.4, 0.5) is 10.1 Å². The molecule has 8 heteroatoms. The lowest BCUT2D eigenvalue weighted by molar-refractivity contribution is -0.114. The summed E-state index contributed by atoms with van der Waals surface area (Å²) >= 11 is 0. The number of aliphatic imine (C=N–C) groups is 1. The van der Waals surface area contributed by atoms with Crippen LogP contribution in [0.15, 0.2) is 35.1 Å². The molecule has 0 saturated heterocycles. The van der Waals surface area contributed by atoms with Gasteiger partial charge in [-0.2, -0.15) is 9.65 Å². The number of halogens is 1. The minimum atomic E-state index is -0.793. The van der Waals surface area contributed by atoms with Crippen LogP contribution in [-0.4, -0.2) is 16.7 Å². The summed E-state index contributed by atoms with van der Waals surface area (Å²) in [7, 11) is 0. The molecule has 2 rings (SSSR count). The molecule has 1 aliphatic carbocycles. The maximum Gasteiger partial charge on any atom is 0.253 e. The van der Waals surface area contributed by atoms with Crippen molar-refractivity contribution < 1.29 is 9.18 Å². The molecule has 1 aromatic heterocycles. The van der Waals surface area contributed by atoms with E-state index in [1.807, 2.05) is 0 Å². The number of amidine groups is 1. The molecule has 24 heavy (non-hydrogen) atoms. The summed E-state index contributed by atoms with van der Waals surface area (Å²) < 4.78 is 12.5. The fourth-order valence-corrected chi connectivity index (χ4v) is 2.16. The van der Waals surface area contributed by atoms with Gasteiger partial charge in [-0.25, -0.2) is 9.98 Å². The summed E-state index contributed by atoms with van der Waals surface area (Å²) in [5, 5.41) is 8.44. The van der Waals surface area contributed by atoms with Crippen molar-refractivity contribution in [3.05, 3.63) is 36.1 Å². The molecule has 0 bridgehead atoms. The zero-order chi connectivity index (χ0) is 17.9. The van der Waals surface area contributed by atoms with Crippen LogP contribution >= 0.6 is 0 Å². The molecule has 0 aromatic carbocycles. The zero-order valence-electron chi connectivity index (χ0n) is 13.3. The average molecular weight is 332 g/mol. The van der Waals surface area contributed by atoms with Crippen molar-refractivity contribution in [2.75, 3.05) is 0 Å². The summed E-state index contributed by atoms with van der Waals surface area (Å²) in [5.74, 6) is -1.19. The largest absolute Gasteiger partial charge is 0.404 e. The van der Waals surface area contributed by atoms with Gasteiger partial charge < -0.3 is 17.2 Å². The van der Waals surface area contributed by atoms with Crippen LogP contribution in [0.25, 0.3) is 0 Å². The third-order valence-electron chi connectivity index (χ3n) is 3.46. The lowest BCUT2D eigenvalue weighted by Gasteiger charge is -2.13. The number of carbonyl (C=O) groups excluding carboxylic acids is 1. The van der Waals surface area contributed by atoms with Crippen LogP contribution in [0.3, 0.4) is 0 Å². The van der Waals surface area contributed by atoms with Crippen molar-refractivity contribution in [2.45, 2.75) is 32.1 Å². The van der Waals surface area contributed by atoms with E-state index in [9.17, 15) is 9.18 Å². The molecule has 128 valence electrons. The van der Waals surface area contributed by atoms with E-state index in [0.717, 1.165) is 31.3 Å². The summed E-state index contributed by atoms with van der Waals surface area (Å²) in [5.41, 5.74) is 15.8. The van der Waals surface area contributed by atoms with Crippen molar-refractivity contribution in [3.63, 3.8) is 0 Å². The number of aromatic nitrogens is 1. The quantitative estimate of drug-likeness (QED) is 0.333. The number of nitriles is 1. The molecule has 1 aliphatic rings. The highest BCUT2D eigenvalue weighted by molar-refractivity contribution is 6.20. The highest BCUT2D eigenvalue weighted by Gasteiger charge is 2.11. The second-order valence-corrected chi connectivity index (χ2v) is 5.24. The normalized spacial score (nSPS) is 15.8. The van der Waals surface area contributed by atoms with E-state index in [0.29, 0.717) is 11.6 Å². The van der Waals surface area contributed by atoms with E-state index in [1.165, 1.54) is 25.3 Å². The molecule has 0 spiro atoms. The van der Waals surface area contributed by atoms with Crippen molar-refractivity contribution in [1.82, 2.24) is 4.98 Å². The smallest absolute Gasteiger partial charge is 0.253 e. The molecule has 0 radical (unpaired) electrons. The topological polar surface area (TPSA) is 144 Å². The minimum absolute atomic E-state index is 0.107. The van der Waals surface area contributed by atoms with Gasteiger partial charge in [-0.3, -0.25) is 4.79 Å². The zero-order valence-corrected chi connectivity index (χ0v) is 13.3. The van der Waals surface area contributed by atoms with Gasteiger partial charge in [0, 0.05) is 12.1 Å². The molecule has 1 aromatic rings. The maximum absolute atomic E-state index is 12.5. The van der Waals surface area contributed by atoms with E-state index in [4.69, 9.17) is 22.5 Å². The third kappa shape index (κ3) is 6.44. The number of carbonyl (C=O) groups is 1. The molecule has 0 unspecified atom stereocenters. The Kier molecular flexibility index (Phi) is 7.91. The van der Waals surface area contributed by atoms with Crippen molar-refractivity contribution in [3.8, 4) is 6.07 Å². The number of primary amides is 1. The van der Waals surface area contributed by atoms with Gasteiger partial charge >= 0.3 is 0 Å². The molecule has 7 nitrogen and oxygen atoms in total. The Morgan fingerprint density at radius 3 is 2.42 bits per heavy atom. The molecular formula is C16H21FN6O. The molecular weight excluding hydrogens is 311 g/mol. The summed E-state index contributed by atoms with van der Waals surface area (Å²) in [6, 6.07) is 4.77. The van der Waals surface area contributed by atoms with Gasteiger partial charge in [0.25, 0.3) is 5.91 Å². The summed E-state index contributed by atoms with van der Waals surface area (Å²) in [4.78, 5) is 18.0. The summed E-state index contributed by atoms with van der Waals surface area (Å²) in [6.07, 6.45) is 8.32. The van der Waals surface area contributed by atoms with Gasteiger partial charge in [-0.05, 0) is 25.0 Å². The lowest BCUT2D eigenvalue weighted by atomic mass is 9.91. The van der Waals surface area contributed by atoms with Gasteiger partial charge in [0.1, 0.15) is 5.84 Å². The fraction of sp³-hybridized carbons (Fsp3) is 0.375. The monoisotopic (exact) mass is 332 g/mol. The average Bonchev–Trinajstić information content (AvgIpc) is 2.58. The standard InChI is InChI=1S/C9H10FN5O.C7H11N/c10-7-2-1-5(4-14-7)15-8(12)6(3-11)9(13)16;8-6-7-4-2-1-3-5-7/h1-4H,11H2,(H2,12,15)(H2,13,16);7H,1-5H2/b6-3+;. The molecule has 1 amide bonds.